The number of rotatable bonds is 4. The zero-order valence-corrected chi connectivity index (χ0v) is 15.0. The van der Waals surface area contributed by atoms with Crippen LogP contribution in [0.5, 0.6) is 0 Å². The molecule has 0 radical (unpaired) electrons. The van der Waals surface area contributed by atoms with Gasteiger partial charge >= 0.3 is 0 Å². The highest BCUT2D eigenvalue weighted by Gasteiger charge is 2.35. The van der Waals surface area contributed by atoms with Gasteiger partial charge < -0.3 is 10.6 Å². The average Bonchev–Trinajstić information content (AvgIpc) is 3.17. The maximum atomic E-state index is 13.0. The minimum Gasteiger partial charge on any atom is -0.335 e. The maximum Gasteiger partial charge on any atom is 0.226 e. The number of amides is 1. The monoisotopic (exact) mass is 356 g/mol. The fourth-order valence-corrected chi connectivity index (χ4v) is 4.08. The van der Waals surface area contributed by atoms with Gasteiger partial charge in [0.1, 0.15) is 0 Å². The van der Waals surface area contributed by atoms with E-state index in [1.165, 1.54) is 12.8 Å². The van der Waals surface area contributed by atoms with Crippen molar-refractivity contribution in [3.05, 3.63) is 34.9 Å². The van der Waals surface area contributed by atoms with Gasteiger partial charge in [0.15, 0.2) is 0 Å². The van der Waals surface area contributed by atoms with Crippen LogP contribution in [0.1, 0.15) is 50.5 Å². The lowest BCUT2D eigenvalue weighted by Crippen LogP contribution is -2.41. The van der Waals surface area contributed by atoms with Crippen LogP contribution in [0.25, 0.3) is 0 Å². The number of hydrogen-bond donors (Lipinski definition) is 1. The zero-order chi connectivity index (χ0) is 15.5. The Morgan fingerprint density at radius 3 is 2.48 bits per heavy atom. The van der Waals surface area contributed by atoms with E-state index in [1.54, 1.807) is 0 Å². The van der Waals surface area contributed by atoms with E-state index in [9.17, 15) is 4.79 Å². The lowest BCUT2D eigenvalue weighted by atomic mass is 10.0. The highest BCUT2D eigenvalue weighted by atomic mass is 35.5. The van der Waals surface area contributed by atoms with E-state index in [4.69, 9.17) is 17.3 Å². The van der Waals surface area contributed by atoms with Gasteiger partial charge in [0.2, 0.25) is 5.91 Å². The third-order valence-corrected chi connectivity index (χ3v) is 5.54. The van der Waals surface area contributed by atoms with Crippen LogP contribution >= 0.6 is 24.0 Å². The second kappa shape index (κ2) is 8.36. The summed E-state index contributed by atoms with van der Waals surface area (Å²) in [6.07, 6.45) is 7.43. The molecule has 128 valence electrons. The summed E-state index contributed by atoms with van der Waals surface area (Å²) in [5.74, 6) is 0.401. The Kier molecular flexibility index (Phi) is 6.75. The van der Waals surface area contributed by atoms with Gasteiger partial charge in [-0.3, -0.25) is 4.79 Å². The van der Waals surface area contributed by atoms with Gasteiger partial charge in [-0.25, -0.2) is 0 Å². The smallest absolute Gasteiger partial charge is 0.226 e. The number of halogens is 2. The fourth-order valence-electron chi connectivity index (χ4n) is 3.89. The Morgan fingerprint density at radius 1 is 1.17 bits per heavy atom. The van der Waals surface area contributed by atoms with Crippen molar-refractivity contribution in [3.63, 3.8) is 0 Å². The van der Waals surface area contributed by atoms with Gasteiger partial charge in [0.25, 0.3) is 0 Å². The average molecular weight is 357 g/mol. The van der Waals surface area contributed by atoms with E-state index in [1.807, 2.05) is 24.3 Å². The molecule has 1 amide bonds. The number of nitrogens with zero attached hydrogens (tertiary/aromatic N) is 1. The van der Waals surface area contributed by atoms with Crippen LogP contribution in [0.2, 0.25) is 5.02 Å². The molecule has 0 bridgehead atoms. The molecule has 0 aromatic heterocycles. The quantitative estimate of drug-likeness (QED) is 0.880. The summed E-state index contributed by atoms with van der Waals surface area (Å²) in [6, 6.07) is 8.42. The van der Waals surface area contributed by atoms with Gasteiger partial charge in [-0.15, -0.1) is 12.4 Å². The molecule has 2 aliphatic rings. The standard InChI is InChI=1S/C18H25ClN2O.ClH/c19-17-8-4-1-5-14(17)12-21(16-6-2-3-7-16)18(22)13-9-10-15(20)11-13;/h1,4-5,8,13,15-16H,2-3,6-7,9-12,20H2;1H. The van der Waals surface area contributed by atoms with Crippen LogP contribution in [-0.2, 0) is 11.3 Å². The number of benzene rings is 1. The molecular formula is C18H26Cl2N2O. The lowest BCUT2D eigenvalue weighted by molar-refractivity contribution is -0.138. The molecule has 0 spiro atoms. The molecule has 0 heterocycles. The van der Waals surface area contributed by atoms with Crippen LogP contribution in [-0.4, -0.2) is 22.9 Å². The first kappa shape index (κ1) is 18.6. The predicted molar refractivity (Wildman–Crippen MR) is 96.8 cm³/mol. The second-order valence-corrected chi connectivity index (χ2v) is 7.17. The van der Waals surface area contributed by atoms with Gasteiger partial charge in [0.05, 0.1) is 0 Å². The minimum absolute atomic E-state index is 0. The summed E-state index contributed by atoms with van der Waals surface area (Å²) in [7, 11) is 0. The minimum atomic E-state index is 0. The van der Waals surface area contributed by atoms with E-state index in [-0.39, 0.29) is 24.4 Å². The molecule has 3 rings (SSSR count). The molecule has 1 aromatic carbocycles. The molecule has 2 atom stereocenters. The van der Waals surface area contributed by atoms with Crippen molar-refractivity contribution in [2.24, 2.45) is 11.7 Å². The van der Waals surface area contributed by atoms with Gasteiger partial charge in [-0.1, -0.05) is 42.6 Å². The maximum absolute atomic E-state index is 13.0. The molecule has 3 nitrogen and oxygen atoms in total. The molecule has 0 aliphatic heterocycles. The summed E-state index contributed by atoms with van der Waals surface area (Å²) in [5, 5.41) is 0.751. The summed E-state index contributed by atoms with van der Waals surface area (Å²) < 4.78 is 0. The van der Waals surface area contributed by atoms with Crippen molar-refractivity contribution >= 4 is 29.9 Å². The number of nitrogens with two attached hydrogens (primary N) is 1. The number of carbonyl (C=O) groups excluding carboxylic acids is 1. The highest BCUT2D eigenvalue weighted by Crippen LogP contribution is 2.32. The van der Waals surface area contributed by atoms with E-state index in [0.717, 1.165) is 42.7 Å². The Balaban J connectivity index is 0.00000192. The first-order chi connectivity index (χ1) is 10.6. The Hall–Kier alpha value is -0.770. The molecule has 5 heteroatoms. The van der Waals surface area contributed by atoms with Crippen LogP contribution < -0.4 is 5.73 Å². The van der Waals surface area contributed by atoms with Crippen molar-refractivity contribution < 1.29 is 4.79 Å². The SMILES string of the molecule is Cl.NC1CCC(C(=O)N(Cc2ccccc2Cl)C2CCCC2)C1. The molecule has 2 aliphatic carbocycles. The lowest BCUT2D eigenvalue weighted by Gasteiger charge is -2.32. The molecule has 2 saturated carbocycles. The Bertz CT molecular complexity index is 532. The van der Waals surface area contributed by atoms with E-state index >= 15 is 0 Å². The van der Waals surface area contributed by atoms with E-state index in [2.05, 4.69) is 4.90 Å². The van der Waals surface area contributed by atoms with Crippen molar-refractivity contribution in [2.75, 3.05) is 0 Å². The number of carbonyl (C=O) groups is 1. The van der Waals surface area contributed by atoms with E-state index in [0.29, 0.717) is 18.5 Å². The molecule has 2 unspecified atom stereocenters. The molecule has 1 aromatic rings. The topological polar surface area (TPSA) is 46.3 Å². The first-order valence-electron chi connectivity index (χ1n) is 8.44. The van der Waals surface area contributed by atoms with Crippen molar-refractivity contribution in [1.82, 2.24) is 4.90 Å². The third-order valence-electron chi connectivity index (χ3n) is 5.17. The Morgan fingerprint density at radius 2 is 1.87 bits per heavy atom. The molecule has 0 saturated heterocycles. The van der Waals surface area contributed by atoms with Gasteiger partial charge in [-0.2, -0.15) is 0 Å². The van der Waals surface area contributed by atoms with Gasteiger partial charge in [0, 0.05) is 29.6 Å². The highest BCUT2D eigenvalue weighted by molar-refractivity contribution is 6.31. The van der Waals surface area contributed by atoms with Crippen molar-refractivity contribution in [3.8, 4) is 0 Å². The first-order valence-corrected chi connectivity index (χ1v) is 8.82. The molecule has 23 heavy (non-hydrogen) atoms. The summed E-state index contributed by atoms with van der Waals surface area (Å²) >= 11 is 6.30. The van der Waals surface area contributed by atoms with Gasteiger partial charge in [-0.05, 0) is 43.7 Å². The summed E-state index contributed by atoms with van der Waals surface area (Å²) in [4.78, 5) is 15.1. The fraction of sp³-hybridized carbons (Fsp3) is 0.611. The second-order valence-electron chi connectivity index (χ2n) is 6.77. The number of hydrogen-bond acceptors (Lipinski definition) is 2. The predicted octanol–water partition coefficient (Wildman–Crippen LogP) is 4.16. The normalized spacial score (nSPS) is 24.4. The molecule has 2 N–H and O–H groups in total. The van der Waals surface area contributed by atoms with Crippen molar-refractivity contribution in [2.45, 2.75) is 63.6 Å². The van der Waals surface area contributed by atoms with E-state index < -0.39 is 0 Å². The van der Waals surface area contributed by atoms with Crippen LogP contribution in [0, 0.1) is 5.92 Å². The molecule has 2 fully saturated rings. The molecular weight excluding hydrogens is 331 g/mol. The third kappa shape index (κ3) is 4.40. The van der Waals surface area contributed by atoms with Crippen molar-refractivity contribution in [1.29, 1.82) is 0 Å². The largest absolute Gasteiger partial charge is 0.335 e. The van der Waals surface area contributed by atoms with Crippen LogP contribution in [0.3, 0.4) is 0 Å². The van der Waals surface area contributed by atoms with Crippen LogP contribution in [0.15, 0.2) is 24.3 Å². The van der Waals surface area contributed by atoms with Crippen LogP contribution in [0.4, 0.5) is 0 Å². The Labute approximate surface area is 150 Å². The summed E-state index contributed by atoms with van der Waals surface area (Å²) in [6.45, 7) is 0.634. The summed E-state index contributed by atoms with van der Waals surface area (Å²) in [5.41, 5.74) is 7.05. The zero-order valence-electron chi connectivity index (χ0n) is 13.4.